The van der Waals surface area contributed by atoms with Crippen LogP contribution in [0.15, 0.2) is 0 Å². The molecule has 2 nitrogen and oxygen atoms in total. The first kappa shape index (κ1) is 9.92. The van der Waals surface area contributed by atoms with Gasteiger partial charge in [-0.15, -0.1) is 0 Å². The van der Waals surface area contributed by atoms with Crippen molar-refractivity contribution in [2.75, 3.05) is 13.2 Å². The van der Waals surface area contributed by atoms with Crippen molar-refractivity contribution >= 4 is 0 Å². The molecule has 0 saturated heterocycles. The zero-order valence-corrected chi connectivity index (χ0v) is 7.02. The Hall–Kier alpha value is -0.0800. The quantitative estimate of drug-likeness (QED) is 0.453. The van der Waals surface area contributed by atoms with Gasteiger partial charge in [0.05, 0.1) is 6.61 Å². The van der Waals surface area contributed by atoms with E-state index in [-0.39, 0.29) is 0 Å². The summed E-state index contributed by atoms with van der Waals surface area (Å²) >= 11 is 0. The van der Waals surface area contributed by atoms with E-state index in [0.29, 0.717) is 12.5 Å². The molecule has 0 aromatic carbocycles. The highest BCUT2D eigenvalue weighted by Gasteiger charge is 1.98. The van der Waals surface area contributed by atoms with Gasteiger partial charge in [-0.2, -0.15) is 0 Å². The highest BCUT2D eigenvalue weighted by molar-refractivity contribution is 4.48. The zero-order valence-electron chi connectivity index (χ0n) is 7.02. The molecule has 1 atom stereocenters. The zero-order chi connectivity index (χ0) is 7.82. The van der Waals surface area contributed by atoms with Gasteiger partial charge >= 0.3 is 0 Å². The fourth-order valence-corrected chi connectivity index (χ4v) is 0.849. The third-order valence-electron chi connectivity index (χ3n) is 1.35. The molecule has 1 N–H and O–H groups in total. The van der Waals surface area contributed by atoms with Crippen LogP contribution in [0.1, 0.15) is 26.7 Å². The Morgan fingerprint density at radius 2 is 2.30 bits per heavy atom. The fraction of sp³-hybridized carbons (Fsp3) is 0.875. The molecule has 0 spiro atoms. The molecule has 0 fully saturated rings. The number of hydrogen-bond acceptors (Lipinski definition) is 2. The molecule has 61 valence electrons. The normalized spacial score (nSPS) is 13.5. The Balaban J connectivity index is 2.97. The first-order chi connectivity index (χ1) is 4.81. The van der Waals surface area contributed by atoms with Gasteiger partial charge in [0, 0.05) is 6.54 Å². The van der Waals surface area contributed by atoms with E-state index < -0.39 is 0 Å². The van der Waals surface area contributed by atoms with E-state index in [1.807, 2.05) is 0 Å². The average Bonchev–Trinajstić information content (AvgIpc) is 1.89. The first-order valence-corrected chi connectivity index (χ1v) is 3.95. The summed E-state index contributed by atoms with van der Waals surface area (Å²) in [6.45, 7) is 9.40. The lowest BCUT2D eigenvalue weighted by Crippen LogP contribution is -2.18. The van der Waals surface area contributed by atoms with E-state index in [0.717, 1.165) is 6.61 Å². The standard InChI is InChI=1S/C8H18NO/c1-4-6-8(3)7-10-9-5-2/h8-9H,2,4-7H2,1,3H3. The molecular formula is C8H18NO. The third kappa shape index (κ3) is 6.05. The minimum Gasteiger partial charge on any atom is -0.302 e. The lowest BCUT2D eigenvalue weighted by atomic mass is 10.1. The van der Waals surface area contributed by atoms with Gasteiger partial charge in [-0.3, -0.25) is 0 Å². The molecule has 2 heteroatoms. The molecule has 0 saturated carbocycles. The molecule has 0 aliphatic heterocycles. The van der Waals surface area contributed by atoms with E-state index in [1.54, 1.807) is 0 Å². The molecule has 1 radical (unpaired) electrons. The van der Waals surface area contributed by atoms with Crippen LogP contribution in [0.3, 0.4) is 0 Å². The van der Waals surface area contributed by atoms with Crippen molar-refractivity contribution in [3.63, 3.8) is 0 Å². The maximum Gasteiger partial charge on any atom is 0.0707 e. The van der Waals surface area contributed by atoms with E-state index in [9.17, 15) is 0 Å². The first-order valence-electron chi connectivity index (χ1n) is 3.95. The number of nitrogens with one attached hydrogen (secondary N) is 1. The van der Waals surface area contributed by atoms with Crippen LogP contribution >= 0.6 is 0 Å². The van der Waals surface area contributed by atoms with Gasteiger partial charge in [-0.1, -0.05) is 20.3 Å². The summed E-state index contributed by atoms with van der Waals surface area (Å²) in [6, 6.07) is 0. The minimum atomic E-state index is 0.638. The van der Waals surface area contributed by atoms with Crippen molar-refractivity contribution < 1.29 is 4.84 Å². The van der Waals surface area contributed by atoms with Crippen LogP contribution in [0.4, 0.5) is 0 Å². The highest BCUT2D eigenvalue weighted by Crippen LogP contribution is 2.03. The summed E-state index contributed by atoms with van der Waals surface area (Å²) in [7, 11) is 0. The summed E-state index contributed by atoms with van der Waals surface area (Å²) in [5.74, 6) is 0.657. The Labute approximate surface area is 63.9 Å². The van der Waals surface area contributed by atoms with Crippen LogP contribution in [0.25, 0.3) is 0 Å². The predicted molar refractivity (Wildman–Crippen MR) is 43.4 cm³/mol. The van der Waals surface area contributed by atoms with Crippen LogP contribution in [0, 0.1) is 12.8 Å². The van der Waals surface area contributed by atoms with Crippen molar-refractivity contribution in [2.24, 2.45) is 5.92 Å². The molecule has 0 aliphatic rings. The molecule has 0 heterocycles. The number of hydrogen-bond donors (Lipinski definition) is 1. The Bertz CT molecular complexity index is 66.3. The third-order valence-corrected chi connectivity index (χ3v) is 1.35. The molecule has 0 bridgehead atoms. The van der Waals surface area contributed by atoms with Crippen molar-refractivity contribution in [3.8, 4) is 0 Å². The van der Waals surface area contributed by atoms with E-state index in [4.69, 9.17) is 4.84 Å². The second kappa shape index (κ2) is 7.03. The van der Waals surface area contributed by atoms with Crippen LogP contribution < -0.4 is 5.48 Å². The fourth-order valence-electron chi connectivity index (χ4n) is 0.849. The lowest BCUT2D eigenvalue weighted by molar-refractivity contribution is 0.0249. The molecule has 0 aliphatic carbocycles. The molecule has 1 unspecified atom stereocenters. The van der Waals surface area contributed by atoms with E-state index >= 15 is 0 Å². The number of hydroxylamine groups is 1. The van der Waals surface area contributed by atoms with Gasteiger partial charge in [-0.05, 0) is 19.3 Å². The van der Waals surface area contributed by atoms with Crippen molar-refractivity contribution in [2.45, 2.75) is 26.7 Å². The Morgan fingerprint density at radius 3 is 2.80 bits per heavy atom. The summed E-state index contributed by atoms with van der Waals surface area (Å²) in [4.78, 5) is 5.08. The summed E-state index contributed by atoms with van der Waals surface area (Å²) in [6.07, 6.45) is 2.47. The van der Waals surface area contributed by atoms with Crippen LogP contribution in [-0.2, 0) is 4.84 Å². The molecule has 10 heavy (non-hydrogen) atoms. The smallest absolute Gasteiger partial charge is 0.0707 e. The minimum absolute atomic E-state index is 0.638. The average molecular weight is 144 g/mol. The van der Waals surface area contributed by atoms with E-state index in [2.05, 4.69) is 26.3 Å². The molecule has 0 rings (SSSR count). The number of rotatable bonds is 6. The SMILES string of the molecule is [CH2]CNOCC(C)CCC. The monoisotopic (exact) mass is 144 g/mol. The Kier molecular flexibility index (Phi) is 6.98. The van der Waals surface area contributed by atoms with Gasteiger partial charge in [0.2, 0.25) is 0 Å². The summed E-state index contributed by atoms with van der Waals surface area (Å²) < 4.78 is 0. The predicted octanol–water partition coefficient (Wildman–Crippen LogP) is 1.78. The Morgan fingerprint density at radius 1 is 1.60 bits per heavy atom. The molecule has 0 aromatic heterocycles. The van der Waals surface area contributed by atoms with Crippen LogP contribution in [-0.4, -0.2) is 13.2 Å². The van der Waals surface area contributed by atoms with Crippen molar-refractivity contribution in [1.29, 1.82) is 0 Å². The van der Waals surface area contributed by atoms with E-state index in [1.165, 1.54) is 12.8 Å². The van der Waals surface area contributed by atoms with Crippen LogP contribution in [0.2, 0.25) is 0 Å². The second-order valence-electron chi connectivity index (χ2n) is 2.60. The highest BCUT2D eigenvalue weighted by atomic mass is 16.6. The van der Waals surface area contributed by atoms with Gasteiger partial charge in [0.25, 0.3) is 0 Å². The van der Waals surface area contributed by atoms with Crippen LogP contribution in [0.5, 0.6) is 0 Å². The van der Waals surface area contributed by atoms with Crippen molar-refractivity contribution in [1.82, 2.24) is 5.48 Å². The lowest BCUT2D eigenvalue weighted by Gasteiger charge is -2.09. The second-order valence-corrected chi connectivity index (χ2v) is 2.60. The van der Waals surface area contributed by atoms with Gasteiger partial charge in [-0.25, -0.2) is 5.48 Å². The molecule has 0 aromatic rings. The summed E-state index contributed by atoms with van der Waals surface area (Å²) in [5.41, 5.74) is 2.73. The van der Waals surface area contributed by atoms with Gasteiger partial charge < -0.3 is 4.84 Å². The van der Waals surface area contributed by atoms with Gasteiger partial charge in [0.15, 0.2) is 0 Å². The maximum absolute atomic E-state index is 5.08. The van der Waals surface area contributed by atoms with Gasteiger partial charge in [0.1, 0.15) is 0 Å². The topological polar surface area (TPSA) is 21.3 Å². The largest absolute Gasteiger partial charge is 0.302 e. The maximum atomic E-state index is 5.08. The molecule has 0 amide bonds. The summed E-state index contributed by atoms with van der Waals surface area (Å²) in [5, 5.41) is 0. The molecular weight excluding hydrogens is 126 g/mol. The van der Waals surface area contributed by atoms with Crippen molar-refractivity contribution in [3.05, 3.63) is 6.92 Å².